The monoisotopic (exact) mass is 431 g/mol. The number of aryl methyl sites for hydroxylation is 3. The summed E-state index contributed by atoms with van der Waals surface area (Å²) in [6.45, 7) is 7.38. The van der Waals surface area contributed by atoms with Crippen LogP contribution in [-0.2, 0) is 19.7 Å². The molecule has 0 bridgehead atoms. The summed E-state index contributed by atoms with van der Waals surface area (Å²) < 4.78 is 14.1. The van der Waals surface area contributed by atoms with E-state index in [0.717, 1.165) is 33.6 Å². The molecular weight excluding hydrogens is 410 g/mol. The number of rotatable bonds is 7. The van der Waals surface area contributed by atoms with E-state index in [4.69, 9.17) is 9.15 Å². The van der Waals surface area contributed by atoms with Crippen molar-refractivity contribution in [3.8, 4) is 5.75 Å². The fourth-order valence-corrected chi connectivity index (χ4v) is 3.11. The zero-order valence-electron chi connectivity index (χ0n) is 15.6. The van der Waals surface area contributed by atoms with Gasteiger partial charge in [0, 0.05) is 6.54 Å². The lowest BCUT2D eigenvalue weighted by molar-refractivity contribution is 0.0918. The highest BCUT2D eigenvalue weighted by atomic mass is 79.9. The van der Waals surface area contributed by atoms with Gasteiger partial charge in [0.15, 0.2) is 5.76 Å². The van der Waals surface area contributed by atoms with Gasteiger partial charge in [0.05, 0.1) is 22.9 Å². The Hall–Kier alpha value is -2.54. The Bertz CT molecular complexity index is 946. The highest BCUT2D eigenvalue weighted by Gasteiger charge is 2.14. The van der Waals surface area contributed by atoms with Gasteiger partial charge in [-0.1, -0.05) is 12.1 Å². The Morgan fingerprint density at radius 2 is 2.11 bits per heavy atom. The van der Waals surface area contributed by atoms with E-state index in [-0.39, 0.29) is 18.3 Å². The molecule has 3 aromatic rings. The van der Waals surface area contributed by atoms with Crippen molar-refractivity contribution >= 4 is 21.8 Å². The molecule has 0 saturated carbocycles. The quantitative estimate of drug-likeness (QED) is 0.602. The van der Waals surface area contributed by atoms with Crippen molar-refractivity contribution in [3.05, 3.63) is 69.3 Å². The van der Waals surface area contributed by atoms with Crippen LogP contribution in [0.4, 0.5) is 0 Å². The standard InChI is InChI=1S/C20H22BrN3O3/c1-4-24-17(16(21)10-23-24)11-22-20(25)18-8-7-15(27-18)12-26-19-9-13(2)5-6-14(19)3/h5-10H,4,11-12H2,1-3H3,(H,22,25). The number of halogens is 1. The molecule has 3 rings (SSSR count). The Kier molecular flexibility index (Phi) is 6.01. The zero-order chi connectivity index (χ0) is 19.4. The van der Waals surface area contributed by atoms with E-state index in [9.17, 15) is 4.79 Å². The Balaban J connectivity index is 1.59. The minimum absolute atomic E-state index is 0.258. The van der Waals surface area contributed by atoms with E-state index in [1.165, 1.54) is 0 Å². The van der Waals surface area contributed by atoms with Gasteiger partial charge in [-0.25, -0.2) is 0 Å². The third kappa shape index (κ3) is 4.60. The number of furan rings is 1. The van der Waals surface area contributed by atoms with E-state index in [1.807, 2.05) is 43.7 Å². The molecule has 2 aromatic heterocycles. The minimum Gasteiger partial charge on any atom is -0.485 e. The minimum atomic E-state index is -0.274. The summed E-state index contributed by atoms with van der Waals surface area (Å²) in [6, 6.07) is 9.46. The van der Waals surface area contributed by atoms with Crippen LogP contribution in [0.2, 0.25) is 0 Å². The molecule has 2 heterocycles. The van der Waals surface area contributed by atoms with Crippen molar-refractivity contribution in [3.63, 3.8) is 0 Å². The van der Waals surface area contributed by atoms with Crippen LogP contribution in [0.25, 0.3) is 0 Å². The van der Waals surface area contributed by atoms with Crippen molar-refractivity contribution in [1.29, 1.82) is 0 Å². The second-order valence-corrected chi connectivity index (χ2v) is 7.12. The van der Waals surface area contributed by atoms with Gasteiger partial charge in [-0.2, -0.15) is 5.10 Å². The predicted octanol–water partition coefficient (Wildman–Crippen LogP) is 4.38. The molecule has 142 valence electrons. The molecule has 0 fully saturated rings. The molecule has 0 radical (unpaired) electrons. The molecule has 0 saturated heterocycles. The number of carbonyl (C=O) groups is 1. The largest absolute Gasteiger partial charge is 0.485 e. The summed E-state index contributed by atoms with van der Waals surface area (Å²) >= 11 is 3.45. The predicted molar refractivity (Wildman–Crippen MR) is 106 cm³/mol. The van der Waals surface area contributed by atoms with Crippen molar-refractivity contribution in [2.24, 2.45) is 0 Å². The summed E-state index contributed by atoms with van der Waals surface area (Å²) in [5, 5.41) is 7.09. The van der Waals surface area contributed by atoms with E-state index < -0.39 is 0 Å². The normalized spacial score (nSPS) is 10.8. The van der Waals surface area contributed by atoms with Gasteiger partial charge in [0.2, 0.25) is 0 Å². The van der Waals surface area contributed by atoms with Gasteiger partial charge in [-0.05, 0) is 66.0 Å². The first-order valence-electron chi connectivity index (χ1n) is 8.75. The molecule has 0 aliphatic rings. The summed E-state index contributed by atoms with van der Waals surface area (Å²) in [7, 11) is 0. The van der Waals surface area contributed by atoms with Gasteiger partial charge in [0.1, 0.15) is 18.1 Å². The maximum Gasteiger partial charge on any atom is 0.287 e. The van der Waals surface area contributed by atoms with Crippen LogP contribution >= 0.6 is 15.9 Å². The van der Waals surface area contributed by atoms with Crippen LogP contribution in [0.1, 0.15) is 40.1 Å². The number of benzene rings is 1. The molecule has 1 amide bonds. The summed E-state index contributed by atoms with van der Waals surface area (Å²) in [5.41, 5.74) is 3.10. The highest BCUT2D eigenvalue weighted by Crippen LogP contribution is 2.21. The molecule has 0 unspecified atom stereocenters. The molecule has 0 atom stereocenters. The fraction of sp³-hybridized carbons (Fsp3) is 0.300. The smallest absolute Gasteiger partial charge is 0.287 e. The molecular formula is C20H22BrN3O3. The Morgan fingerprint density at radius 3 is 2.89 bits per heavy atom. The second-order valence-electron chi connectivity index (χ2n) is 6.26. The molecule has 7 heteroatoms. The number of nitrogens with zero attached hydrogens (tertiary/aromatic N) is 2. The molecule has 1 aromatic carbocycles. The van der Waals surface area contributed by atoms with Crippen molar-refractivity contribution in [1.82, 2.24) is 15.1 Å². The zero-order valence-corrected chi connectivity index (χ0v) is 17.2. The lowest BCUT2D eigenvalue weighted by Crippen LogP contribution is -2.24. The van der Waals surface area contributed by atoms with Crippen LogP contribution in [0.5, 0.6) is 5.75 Å². The summed E-state index contributed by atoms with van der Waals surface area (Å²) in [4.78, 5) is 12.3. The Labute approximate surface area is 166 Å². The molecule has 0 aliphatic heterocycles. The lowest BCUT2D eigenvalue weighted by Gasteiger charge is -2.08. The lowest BCUT2D eigenvalue weighted by atomic mass is 10.1. The average molecular weight is 432 g/mol. The van der Waals surface area contributed by atoms with E-state index in [0.29, 0.717) is 12.3 Å². The highest BCUT2D eigenvalue weighted by molar-refractivity contribution is 9.10. The number of nitrogens with one attached hydrogen (secondary N) is 1. The van der Waals surface area contributed by atoms with Crippen molar-refractivity contribution in [2.45, 2.75) is 40.5 Å². The van der Waals surface area contributed by atoms with Crippen LogP contribution < -0.4 is 10.1 Å². The number of carbonyl (C=O) groups excluding carboxylic acids is 1. The van der Waals surface area contributed by atoms with Crippen LogP contribution in [0.15, 0.2) is 45.4 Å². The van der Waals surface area contributed by atoms with Crippen LogP contribution in [0.3, 0.4) is 0 Å². The second kappa shape index (κ2) is 8.43. The van der Waals surface area contributed by atoms with Crippen molar-refractivity contribution < 1.29 is 13.9 Å². The fourth-order valence-electron chi connectivity index (χ4n) is 2.68. The first-order chi connectivity index (χ1) is 13.0. The molecule has 0 spiro atoms. The maximum atomic E-state index is 12.3. The van der Waals surface area contributed by atoms with Gasteiger partial charge >= 0.3 is 0 Å². The van der Waals surface area contributed by atoms with E-state index >= 15 is 0 Å². The number of ether oxygens (including phenoxy) is 1. The number of aromatic nitrogens is 2. The summed E-state index contributed by atoms with van der Waals surface area (Å²) in [5.74, 6) is 1.40. The SMILES string of the molecule is CCn1ncc(Br)c1CNC(=O)c1ccc(COc2cc(C)ccc2C)o1. The molecule has 0 aliphatic carbocycles. The van der Waals surface area contributed by atoms with Crippen LogP contribution in [0, 0.1) is 13.8 Å². The first kappa shape index (κ1) is 19.2. The van der Waals surface area contributed by atoms with Gasteiger partial charge in [-0.15, -0.1) is 0 Å². The molecule has 6 nitrogen and oxygen atoms in total. The van der Waals surface area contributed by atoms with E-state index in [1.54, 1.807) is 18.3 Å². The first-order valence-corrected chi connectivity index (χ1v) is 9.54. The number of hydrogen-bond donors (Lipinski definition) is 1. The topological polar surface area (TPSA) is 69.3 Å². The Morgan fingerprint density at radius 1 is 1.30 bits per heavy atom. The number of hydrogen-bond acceptors (Lipinski definition) is 4. The number of amides is 1. The summed E-state index contributed by atoms with van der Waals surface area (Å²) in [6.07, 6.45) is 1.72. The van der Waals surface area contributed by atoms with Gasteiger partial charge in [-0.3, -0.25) is 9.48 Å². The van der Waals surface area contributed by atoms with Gasteiger partial charge in [0.25, 0.3) is 5.91 Å². The molecule has 27 heavy (non-hydrogen) atoms. The maximum absolute atomic E-state index is 12.3. The average Bonchev–Trinajstić information content (AvgIpc) is 3.27. The van der Waals surface area contributed by atoms with Crippen LogP contribution in [-0.4, -0.2) is 15.7 Å². The third-order valence-corrected chi connectivity index (χ3v) is 4.88. The van der Waals surface area contributed by atoms with E-state index in [2.05, 4.69) is 26.3 Å². The molecule has 1 N–H and O–H groups in total. The van der Waals surface area contributed by atoms with Gasteiger partial charge < -0.3 is 14.5 Å². The third-order valence-electron chi connectivity index (χ3n) is 4.21. The van der Waals surface area contributed by atoms with Crippen molar-refractivity contribution in [2.75, 3.05) is 0 Å².